The Kier molecular flexibility index (Phi) is 5.18. The summed E-state index contributed by atoms with van der Waals surface area (Å²) in [5.74, 6) is 1.35. The molecule has 0 radical (unpaired) electrons. The van der Waals surface area contributed by atoms with Crippen molar-refractivity contribution in [3.8, 4) is 0 Å². The topological polar surface area (TPSA) is 64.6 Å². The number of aliphatic hydroxyl groups excluding tert-OH is 1. The highest BCUT2D eigenvalue weighted by atomic mass is 16.3. The highest BCUT2D eigenvalue weighted by Gasteiger charge is 2.32. The number of likely N-dealkylation sites (N-methyl/N-ethyl adjacent to an activating group) is 1. The summed E-state index contributed by atoms with van der Waals surface area (Å²) in [6.45, 7) is 3.41. The normalized spacial score (nSPS) is 30.7. The summed E-state index contributed by atoms with van der Waals surface area (Å²) in [6.07, 6.45) is 1.46. The number of aliphatic hydroxyl groups is 1. The minimum atomic E-state index is -0.162. The minimum absolute atomic E-state index is 0.0900. The van der Waals surface area contributed by atoms with Gasteiger partial charge in [-0.3, -0.25) is 0 Å². The van der Waals surface area contributed by atoms with E-state index in [9.17, 15) is 9.90 Å². The lowest BCUT2D eigenvalue weighted by molar-refractivity contribution is 0.0441. The van der Waals surface area contributed by atoms with Crippen molar-refractivity contribution in [1.29, 1.82) is 0 Å². The number of hydrogen-bond acceptors (Lipinski definition) is 3. The monoisotopic (exact) mass is 317 g/mol. The molecule has 1 aliphatic carbocycles. The molecule has 2 amide bonds. The van der Waals surface area contributed by atoms with E-state index in [0.29, 0.717) is 30.8 Å². The standard InChI is InChI=1S/C18H27N3O2/c1-21-11-15(17(12-21)14-5-3-2-4-6-14)10-20-18(23)19-9-13-7-16(22)8-13/h2-6,13,15-17,22H,7-12H2,1H3,(H2,19,20,23)/t13?,15-,16?,17+/m1/s1. The van der Waals surface area contributed by atoms with Crippen LogP contribution in [0.15, 0.2) is 30.3 Å². The van der Waals surface area contributed by atoms with Crippen LogP contribution in [0.3, 0.4) is 0 Å². The number of amides is 2. The number of urea groups is 1. The van der Waals surface area contributed by atoms with E-state index in [1.54, 1.807) is 0 Å². The van der Waals surface area contributed by atoms with Crippen molar-refractivity contribution in [3.63, 3.8) is 0 Å². The third-order valence-electron chi connectivity index (χ3n) is 5.14. The lowest BCUT2D eigenvalue weighted by Gasteiger charge is -2.31. The molecule has 1 aliphatic heterocycles. The van der Waals surface area contributed by atoms with Crippen molar-refractivity contribution in [3.05, 3.63) is 35.9 Å². The van der Waals surface area contributed by atoms with E-state index in [1.807, 2.05) is 6.07 Å². The van der Waals surface area contributed by atoms with E-state index in [0.717, 1.165) is 25.9 Å². The van der Waals surface area contributed by atoms with Gasteiger partial charge >= 0.3 is 6.03 Å². The Bertz CT molecular complexity index is 516. The van der Waals surface area contributed by atoms with Crippen LogP contribution in [0.1, 0.15) is 24.3 Å². The molecule has 1 heterocycles. The fourth-order valence-electron chi connectivity index (χ4n) is 3.76. The molecule has 0 aromatic heterocycles. The average Bonchev–Trinajstić information content (AvgIpc) is 2.90. The Morgan fingerprint density at radius 1 is 1.17 bits per heavy atom. The molecule has 0 bridgehead atoms. The Morgan fingerprint density at radius 2 is 1.87 bits per heavy atom. The summed E-state index contributed by atoms with van der Waals surface area (Å²) in [7, 11) is 2.14. The number of nitrogens with one attached hydrogen (secondary N) is 2. The average molecular weight is 317 g/mol. The molecular weight excluding hydrogens is 290 g/mol. The van der Waals surface area contributed by atoms with Gasteiger partial charge in [-0.15, -0.1) is 0 Å². The molecule has 5 heteroatoms. The second-order valence-corrected chi connectivity index (χ2v) is 7.08. The maximum atomic E-state index is 12.0. The largest absolute Gasteiger partial charge is 0.393 e. The van der Waals surface area contributed by atoms with Crippen LogP contribution < -0.4 is 10.6 Å². The molecule has 1 saturated heterocycles. The molecule has 0 spiro atoms. The fraction of sp³-hybridized carbons (Fsp3) is 0.611. The summed E-state index contributed by atoms with van der Waals surface area (Å²) >= 11 is 0. The summed E-state index contributed by atoms with van der Waals surface area (Å²) in [5, 5.41) is 15.2. The molecule has 3 rings (SSSR count). The van der Waals surface area contributed by atoms with E-state index in [-0.39, 0.29) is 12.1 Å². The smallest absolute Gasteiger partial charge is 0.314 e. The van der Waals surface area contributed by atoms with Crippen molar-refractivity contribution < 1.29 is 9.90 Å². The Morgan fingerprint density at radius 3 is 2.57 bits per heavy atom. The molecule has 1 aromatic carbocycles. The van der Waals surface area contributed by atoms with Gasteiger partial charge in [0, 0.05) is 32.1 Å². The van der Waals surface area contributed by atoms with Crippen molar-refractivity contribution in [2.75, 3.05) is 33.2 Å². The van der Waals surface area contributed by atoms with Gasteiger partial charge in [-0.05, 0) is 37.3 Å². The number of nitrogens with zero attached hydrogens (tertiary/aromatic N) is 1. The molecule has 2 aliphatic rings. The van der Waals surface area contributed by atoms with Gasteiger partial charge in [0.1, 0.15) is 0 Å². The van der Waals surface area contributed by atoms with Crippen LogP contribution in [0.4, 0.5) is 4.79 Å². The molecule has 23 heavy (non-hydrogen) atoms. The van der Waals surface area contributed by atoms with Crippen molar-refractivity contribution in [1.82, 2.24) is 15.5 Å². The van der Waals surface area contributed by atoms with Crippen LogP contribution in [0.5, 0.6) is 0 Å². The number of likely N-dealkylation sites (tertiary alicyclic amines) is 1. The zero-order valence-corrected chi connectivity index (χ0v) is 13.7. The first-order valence-electron chi connectivity index (χ1n) is 8.55. The van der Waals surface area contributed by atoms with Crippen LogP contribution in [0.2, 0.25) is 0 Å². The molecule has 0 unspecified atom stereocenters. The molecular formula is C18H27N3O2. The molecule has 5 nitrogen and oxygen atoms in total. The van der Waals surface area contributed by atoms with Gasteiger partial charge in [-0.25, -0.2) is 4.79 Å². The Balaban J connectivity index is 1.45. The van der Waals surface area contributed by atoms with Crippen LogP contribution >= 0.6 is 0 Å². The van der Waals surface area contributed by atoms with Crippen LogP contribution in [0, 0.1) is 11.8 Å². The quantitative estimate of drug-likeness (QED) is 0.769. The lowest BCUT2D eigenvalue weighted by Crippen LogP contribution is -2.44. The second-order valence-electron chi connectivity index (χ2n) is 7.08. The van der Waals surface area contributed by atoms with Gasteiger partial charge in [0.25, 0.3) is 0 Å². The Hall–Kier alpha value is -1.59. The number of hydrogen-bond donors (Lipinski definition) is 3. The SMILES string of the molecule is CN1C[C@@H](CNC(=O)NCC2CC(O)C2)[C@H](c2ccccc2)C1. The van der Waals surface area contributed by atoms with Gasteiger partial charge < -0.3 is 20.6 Å². The summed E-state index contributed by atoms with van der Waals surface area (Å²) in [5.41, 5.74) is 1.35. The van der Waals surface area contributed by atoms with E-state index >= 15 is 0 Å². The van der Waals surface area contributed by atoms with Gasteiger partial charge in [0.2, 0.25) is 0 Å². The maximum absolute atomic E-state index is 12.0. The zero-order valence-electron chi connectivity index (χ0n) is 13.7. The Labute approximate surface area is 138 Å². The first-order chi connectivity index (χ1) is 11.1. The molecule has 1 saturated carbocycles. The van der Waals surface area contributed by atoms with Crippen LogP contribution in [0.25, 0.3) is 0 Å². The summed E-state index contributed by atoms with van der Waals surface area (Å²) in [6, 6.07) is 10.5. The first-order valence-corrected chi connectivity index (χ1v) is 8.55. The predicted octanol–water partition coefficient (Wildman–Crippen LogP) is 1.40. The zero-order chi connectivity index (χ0) is 16.2. The first kappa shape index (κ1) is 16.3. The van der Waals surface area contributed by atoms with Gasteiger partial charge in [-0.1, -0.05) is 30.3 Å². The van der Waals surface area contributed by atoms with Crippen LogP contribution in [-0.2, 0) is 0 Å². The lowest BCUT2D eigenvalue weighted by atomic mass is 9.82. The van der Waals surface area contributed by atoms with Crippen molar-refractivity contribution in [2.24, 2.45) is 11.8 Å². The molecule has 2 atom stereocenters. The third-order valence-corrected chi connectivity index (χ3v) is 5.14. The van der Waals surface area contributed by atoms with E-state index in [4.69, 9.17) is 0 Å². The van der Waals surface area contributed by atoms with Gasteiger partial charge in [-0.2, -0.15) is 0 Å². The van der Waals surface area contributed by atoms with Crippen molar-refractivity contribution >= 4 is 6.03 Å². The molecule has 2 fully saturated rings. The number of carbonyl (C=O) groups is 1. The predicted molar refractivity (Wildman–Crippen MR) is 90.3 cm³/mol. The van der Waals surface area contributed by atoms with Gasteiger partial charge in [0.05, 0.1) is 6.10 Å². The summed E-state index contributed by atoms with van der Waals surface area (Å²) in [4.78, 5) is 14.3. The van der Waals surface area contributed by atoms with Crippen LogP contribution in [-0.4, -0.2) is 55.4 Å². The minimum Gasteiger partial charge on any atom is -0.393 e. The highest BCUT2D eigenvalue weighted by molar-refractivity contribution is 5.73. The van der Waals surface area contributed by atoms with Crippen molar-refractivity contribution in [2.45, 2.75) is 24.9 Å². The van der Waals surface area contributed by atoms with Gasteiger partial charge in [0.15, 0.2) is 0 Å². The molecule has 3 N–H and O–H groups in total. The summed E-state index contributed by atoms with van der Waals surface area (Å²) < 4.78 is 0. The number of benzene rings is 1. The molecule has 1 aromatic rings. The van der Waals surface area contributed by atoms with E-state index in [1.165, 1.54) is 5.56 Å². The van der Waals surface area contributed by atoms with E-state index < -0.39 is 0 Å². The van der Waals surface area contributed by atoms with E-state index in [2.05, 4.69) is 46.8 Å². The number of rotatable bonds is 5. The fourth-order valence-corrected chi connectivity index (χ4v) is 3.76. The maximum Gasteiger partial charge on any atom is 0.314 e. The number of carbonyl (C=O) groups excluding carboxylic acids is 1. The molecule has 126 valence electrons. The third kappa shape index (κ3) is 4.24. The second kappa shape index (κ2) is 7.32. The highest BCUT2D eigenvalue weighted by Crippen LogP contribution is 2.31.